The minimum atomic E-state index is 0.710. The molecule has 0 unspecified atom stereocenters. The Balaban J connectivity index is 2.03. The number of halogens is 1. The summed E-state index contributed by atoms with van der Waals surface area (Å²) in [6, 6.07) is 7.94. The molecule has 1 aromatic rings. The fraction of sp³-hybridized carbons (Fsp3) is 0.600. The van der Waals surface area contributed by atoms with Crippen LogP contribution in [-0.4, -0.2) is 44.2 Å². The van der Waals surface area contributed by atoms with Gasteiger partial charge in [0, 0.05) is 24.1 Å². The Labute approximate surface area is 125 Å². The van der Waals surface area contributed by atoms with E-state index in [-0.39, 0.29) is 0 Å². The van der Waals surface area contributed by atoms with Crippen LogP contribution >= 0.6 is 15.9 Å². The zero-order valence-electron chi connectivity index (χ0n) is 12.0. The molecule has 0 heterocycles. The van der Waals surface area contributed by atoms with Crippen LogP contribution in [0.4, 0.5) is 0 Å². The maximum Gasteiger partial charge on any atom is 0.119 e. The normalized spacial score (nSPS) is 10.9. The van der Waals surface area contributed by atoms with Gasteiger partial charge in [0.05, 0.1) is 0 Å². The van der Waals surface area contributed by atoms with E-state index in [2.05, 4.69) is 40.0 Å². The first-order chi connectivity index (χ1) is 9.26. The van der Waals surface area contributed by atoms with Gasteiger partial charge in [-0.25, -0.2) is 0 Å². The SMILES string of the molecule is CCCN(CC)CCNCCOc1ccc(Br)cc1. The number of hydrogen-bond donors (Lipinski definition) is 1. The molecule has 0 amide bonds. The van der Waals surface area contributed by atoms with Crippen LogP contribution in [0.25, 0.3) is 0 Å². The number of likely N-dealkylation sites (N-methyl/N-ethyl adjacent to an activating group) is 1. The first kappa shape index (κ1) is 16.5. The Morgan fingerprint density at radius 3 is 2.47 bits per heavy atom. The smallest absolute Gasteiger partial charge is 0.119 e. The Morgan fingerprint density at radius 2 is 1.84 bits per heavy atom. The lowest BCUT2D eigenvalue weighted by atomic mass is 10.3. The zero-order chi connectivity index (χ0) is 13.9. The highest BCUT2D eigenvalue weighted by atomic mass is 79.9. The molecule has 4 heteroatoms. The first-order valence-electron chi connectivity index (χ1n) is 7.07. The van der Waals surface area contributed by atoms with Crippen LogP contribution < -0.4 is 10.1 Å². The van der Waals surface area contributed by atoms with Crippen molar-refractivity contribution in [2.24, 2.45) is 0 Å². The molecule has 1 rings (SSSR count). The Morgan fingerprint density at radius 1 is 1.11 bits per heavy atom. The lowest BCUT2D eigenvalue weighted by molar-refractivity contribution is 0.276. The summed E-state index contributed by atoms with van der Waals surface area (Å²) in [6.45, 7) is 10.5. The van der Waals surface area contributed by atoms with Crippen LogP contribution in [0.5, 0.6) is 5.75 Å². The van der Waals surface area contributed by atoms with Crippen molar-refractivity contribution < 1.29 is 4.74 Å². The predicted molar refractivity (Wildman–Crippen MR) is 84.9 cm³/mol. The predicted octanol–water partition coefficient (Wildman–Crippen LogP) is 3.15. The summed E-state index contributed by atoms with van der Waals surface area (Å²) in [5, 5.41) is 3.41. The summed E-state index contributed by atoms with van der Waals surface area (Å²) >= 11 is 3.41. The van der Waals surface area contributed by atoms with Gasteiger partial charge < -0.3 is 15.0 Å². The van der Waals surface area contributed by atoms with Gasteiger partial charge >= 0.3 is 0 Å². The number of ether oxygens (including phenoxy) is 1. The molecular weight excluding hydrogens is 304 g/mol. The number of nitrogens with zero attached hydrogens (tertiary/aromatic N) is 1. The first-order valence-corrected chi connectivity index (χ1v) is 7.87. The molecule has 0 spiro atoms. The molecule has 0 aliphatic heterocycles. The minimum absolute atomic E-state index is 0.710. The van der Waals surface area contributed by atoms with Crippen molar-refractivity contribution in [3.05, 3.63) is 28.7 Å². The Kier molecular flexibility index (Phi) is 8.88. The van der Waals surface area contributed by atoms with Crippen LogP contribution in [0, 0.1) is 0 Å². The van der Waals surface area contributed by atoms with E-state index in [0.29, 0.717) is 6.61 Å². The standard InChI is InChI=1S/C15H25BrN2O/c1-3-11-18(4-2)12-9-17-10-13-19-15-7-5-14(16)6-8-15/h5-8,17H,3-4,9-13H2,1-2H3. The summed E-state index contributed by atoms with van der Waals surface area (Å²) in [5.74, 6) is 0.922. The topological polar surface area (TPSA) is 24.5 Å². The molecule has 3 nitrogen and oxygen atoms in total. The van der Waals surface area contributed by atoms with Crippen molar-refractivity contribution in [1.29, 1.82) is 0 Å². The molecule has 0 aliphatic carbocycles. The van der Waals surface area contributed by atoms with Gasteiger partial charge in [-0.15, -0.1) is 0 Å². The van der Waals surface area contributed by atoms with Gasteiger partial charge in [-0.05, 0) is 43.8 Å². The maximum absolute atomic E-state index is 5.64. The number of hydrogen-bond acceptors (Lipinski definition) is 3. The van der Waals surface area contributed by atoms with E-state index in [4.69, 9.17) is 4.74 Å². The van der Waals surface area contributed by atoms with Crippen molar-refractivity contribution in [3.8, 4) is 5.75 Å². The molecule has 0 fully saturated rings. The van der Waals surface area contributed by atoms with Crippen molar-refractivity contribution in [3.63, 3.8) is 0 Å². The number of nitrogens with one attached hydrogen (secondary N) is 1. The number of benzene rings is 1. The van der Waals surface area contributed by atoms with Crippen LogP contribution in [-0.2, 0) is 0 Å². The van der Waals surface area contributed by atoms with E-state index in [0.717, 1.165) is 36.4 Å². The van der Waals surface area contributed by atoms with E-state index in [1.54, 1.807) is 0 Å². The zero-order valence-corrected chi connectivity index (χ0v) is 13.6. The van der Waals surface area contributed by atoms with Crippen LogP contribution in [0.3, 0.4) is 0 Å². The van der Waals surface area contributed by atoms with Crippen LogP contribution in [0.15, 0.2) is 28.7 Å². The molecule has 1 N–H and O–H groups in total. The minimum Gasteiger partial charge on any atom is -0.492 e. The molecule has 0 saturated carbocycles. The van der Waals surface area contributed by atoms with Crippen LogP contribution in [0.2, 0.25) is 0 Å². The Bertz CT molecular complexity index is 329. The van der Waals surface area contributed by atoms with Gasteiger partial charge in [0.15, 0.2) is 0 Å². The highest BCUT2D eigenvalue weighted by Crippen LogP contribution is 2.15. The second-order valence-electron chi connectivity index (χ2n) is 4.49. The van der Waals surface area contributed by atoms with Gasteiger partial charge in [0.2, 0.25) is 0 Å². The van der Waals surface area contributed by atoms with Gasteiger partial charge in [-0.3, -0.25) is 0 Å². The van der Waals surface area contributed by atoms with Crippen molar-refractivity contribution in [2.45, 2.75) is 20.3 Å². The molecule has 19 heavy (non-hydrogen) atoms. The third kappa shape index (κ3) is 7.55. The van der Waals surface area contributed by atoms with E-state index >= 15 is 0 Å². The molecule has 1 aromatic carbocycles. The summed E-state index contributed by atoms with van der Waals surface area (Å²) < 4.78 is 6.72. The Hall–Kier alpha value is -0.580. The average Bonchev–Trinajstić information content (AvgIpc) is 2.43. The largest absolute Gasteiger partial charge is 0.492 e. The van der Waals surface area contributed by atoms with Gasteiger partial charge in [0.25, 0.3) is 0 Å². The fourth-order valence-corrected chi connectivity index (χ4v) is 2.14. The van der Waals surface area contributed by atoms with Gasteiger partial charge in [-0.1, -0.05) is 29.8 Å². The van der Waals surface area contributed by atoms with Crippen LogP contribution in [0.1, 0.15) is 20.3 Å². The average molecular weight is 329 g/mol. The highest BCUT2D eigenvalue weighted by Gasteiger charge is 1.99. The number of rotatable bonds is 10. The molecule has 0 bridgehead atoms. The van der Waals surface area contributed by atoms with Crippen molar-refractivity contribution in [2.75, 3.05) is 39.3 Å². The lowest BCUT2D eigenvalue weighted by Crippen LogP contribution is -2.34. The fourth-order valence-electron chi connectivity index (χ4n) is 1.88. The van der Waals surface area contributed by atoms with Crippen molar-refractivity contribution in [1.82, 2.24) is 10.2 Å². The highest BCUT2D eigenvalue weighted by molar-refractivity contribution is 9.10. The third-order valence-electron chi connectivity index (χ3n) is 2.95. The summed E-state index contributed by atoms with van der Waals surface area (Å²) in [5.41, 5.74) is 0. The van der Waals surface area contributed by atoms with E-state index in [9.17, 15) is 0 Å². The molecule has 108 valence electrons. The van der Waals surface area contributed by atoms with Gasteiger partial charge in [-0.2, -0.15) is 0 Å². The van der Waals surface area contributed by atoms with Crippen molar-refractivity contribution >= 4 is 15.9 Å². The molecule has 0 saturated heterocycles. The molecule has 0 aliphatic rings. The summed E-state index contributed by atoms with van der Waals surface area (Å²) in [7, 11) is 0. The molecular formula is C15H25BrN2O. The summed E-state index contributed by atoms with van der Waals surface area (Å²) in [4.78, 5) is 2.46. The van der Waals surface area contributed by atoms with E-state index in [1.165, 1.54) is 13.0 Å². The van der Waals surface area contributed by atoms with E-state index < -0.39 is 0 Å². The summed E-state index contributed by atoms with van der Waals surface area (Å²) in [6.07, 6.45) is 1.22. The monoisotopic (exact) mass is 328 g/mol. The molecule has 0 atom stereocenters. The second kappa shape index (κ2) is 10.2. The van der Waals surface area contributed by atoms with Gasteiger partial charge in [0.1, 0.15) is 12.4 Å². The second-order valence-corrected chi connectivity index (χ2v) is 5.40. The van der Waals surface area contributed by atoms with E-state index in [1.807, 2.05) is 24.3 Å². The lowest BCUT2D eigenvalue weighted by Gasteiger charge is -2.19. The maximum atomic E-state index is 5.64. The molecule has 0 aromatic heterocycles. The quantitative estimate of drug-likeness (QED) is 0.668. The third-order valence-corrected chi connectivity index (χ3v) is 3.48. The molecule has 0 radical (unpaired) electrons.